The van der Waals surface area contributed by atoms with E-state index in [-0.39, 0.29) is 12.3 Å². The Morgan fingerprint density at radius 3 is 2.53 bits per heavy atom. The third kappa shape index (κ3) is 3.38. The van der Waals surface area contributed by atoms with E-state index in [9.17, 15) is 4.79 Å². The monoisotopic (exact) mass is 262 g/mol. The second-order valence-electron chi connectivity index (χ2n) is 4.13. The molecular formula is C14H18N2O3. The Bertz CT molecular complexity index is 518. The molecule has 0 aliphatic heterocycles. The lowest BCUT2D eigenvalue weighted by molar-refractivity contribution is -0.120. The van der Waals surface area contributed by atoms with Gasteiger partial charge in [-0.1, -0.05) is 0 Å². The van der Waals surface area contributed by atoms with Gasteiger partial charge in [-0.3, -0.25) is 4.79 Å². The van der Waals surface area contributed by atoms with Crippen molar-refractivity contribution >= 4 is 5.91 Å². The van der Waals surface area contributed by atoms with Crippen molar-refractivity contribution < 1.29 is 14.3 Å². The Kier molecular flexibility index (Phi) is 5.19. The van der Waals surface area contributed by atoms with Crippen molar-refractivity contribution in [3.63, 3.8) is 0 Å². The number of nitrogens with zero attached hydrogens (tertiary/aromatic N) is 1. The highest BCUT2D eigenvalue weighted by Crippen LogP contribution is 2.33. The van der Waals surface area contributed by atoms with Gasteiger partial charge in [-0.05, 0) is 31.0 Å². The minimum absolute atomic E-state index is 0.149. The molecule has 5 nitrogen and oxygen atoms in total. The van der Waals surface area contributed by atoms with Gasteiger partial charge >= 0.3 is 0 Å². The minimum Gasteiger partial charge on any atom is -0.496 e. The summed E-state index contributed by atoms with van der Waals surface area (Å²) in [6, 6.07) is 3.65. The van der Waals surface area contributed by atoms with Gasteiger partial charge in [0, 0.05) is 12.1 Å². The predicted molar refractivity (Wildman–Crippen MR) is 71.1 cm³/mol. The van der Waals surface area contributed by atoms with Crippen molar-refractivity contribution in [3.8, 4) is 17.6 Å². The van der Waals surface area contributed by atoms with E-state index in [0.29, 0.717) is 6.54 Å². The minimum atomic E-state index is -0.304. The van der Waals surface area contributed by atoms with Crippen molar-refractivity contribution in [3.05, 3.63) is 22.8 Å². The maximum absolute atomic E-state index is 11.3. The van der Waals surface area contributed by atoms with Crippen molar-refractivity contribution in [1.82, 2.24) is 5.32 Å². The fourth-order valence-electron chi connectivity index (χ4n) is 1.88. The molecule has 1 N–H and O–H groups in total. The normalized spacial score (nSPS) is 9.63. The van der Waals surface area contributed by atoms with E-state index in [4.69, 9.17) is 14.7 Å². The van der Waals surface area contributed by atoms with Gasteiger partial charge in [-0.25, -0.2) is 0 Å². The molecule has 1 aromatic carbocycles. The number of carbonyl (C=O) groups is 1. The summed E-state index contributed by atoms with van der Waals surface area (Å²) in [5, 5.41) is 11.1. The van der Waals surface area contributed by atoms with Gasteiger partial charge in [0.15, 0.2) is 0 Å². The van der Waals surface area contributed by atoms with E-state index in [1.165, 1.54) is 0 Å². The first-order valence-electron chi connectivity index (χ1n) is 5.89. The number of methoxy groups -OCH3 is 2. The number of carbonyl (C=O) groups excluding carboxylic acids is 1. The fourth-order valence-corrected chi connectivity index (χ4v) is 1.88. The number of hydrogen-bond acceptors (Lipinski definition) is 4. The van der Waals surface area contributed by atoms with Crippen LogP contribution < -0.4 is 14.8 Å². The molecule has 0 heterocycles. The van der Waals surface area contributed by atoms with Crippen LogP contribution in [0.3, 0.4) is 0 Å². The Labute approximate surface area is 113 Å². The van der Waals surface area contributed by atoms with Crippen molar-refractivity contribution in [2.45, 2.75) is 26.8 Å². The SMILES string of the molecule is COc1cc(CNC(=O)CC#N)c(OC)c(C)c1C. The van der Waals surface area contributed by atoms with E-state index in [1.54, 1.807) is 14.2 Å². The van der Waals surface area contributed by atoms with Gasteiger partial charge in [0.25, 0.3) is 0 Å². The van der Waals surface area contributed by atoms with Crippen LogP contribution in [-0.2, 0) is 11.3 Å². The summed E-state index contributed by atoms with van der Waals surface area (Å²) in [5.74, 6) is 1.18. The third-order valence-electron chi connectivity index (χ3n) is 3.01. The third-order valence-corrected chi connectivity index (χ3v) is 3.01. The van der Waals surface area contributed by atoms with E-state index >= 15 is 0 Å². The maximum atomic E-state index is 11.3. The van der Waals surface area contributed by atoms with Gasteiger partial charge in [-0.2, -0.15) is 5.26 Å². The summed E-state index contributed by atoms with van der Waals surface area (Å²) in [6.07, 6.45) is -0.149. The van der Waals surface area contributed by atoms with Gasteiger partial charge in [0.2, 0.25) is 5.91 Å². The first-order chi connectivity index (χ1) is 9.04. The van der Waals surface area contributed by atoms with Crippen LogP contribution in [0.2, 0.25) is 0 Å². The standard InChI is InChI=1S/C14H18N2O3/c1-9-10(2)14(19-4)11(7-12(9)18-3)8-16-13(17)5-6-15/h7H,5,8H2,1-4H3,(H,16,17). The predicted octanol–water partition coefficient (Wildman–Crippen LogP) is 1.85. The average molecular weight is 262 g/mol. The van der Waals surface area contributed by atoms with Gasteiger partial charge < -0.3 is 14.8 Å². The Morgan fingerprint density at radius 2 is 2.00 bits per heavy atom. The van der Waals surface area contributed by atoms with Crippen LogP contribution in [0.1, 0.15) is 23.1 Å². The molecule has 1 rings (SSSR count). The summed E-state index contributed by atoms with van der Waals surface area (Å²) < 4.78 is 10.7. The molecule has 0 aliphatic carbocycles. The number of amides is 1. The van der Waals surface area contributed by atoms with Gasteiger partial charge in [-0.15, -0.1) is 0 Å². The van der Waals surface area contributed by atoms with Crippen LogP contribution >= 0.6 is 0 Å². The molecule has 0 bridgehead atoms. The number of rotatable bonds is 5. The van der Waals surface area contributed by atoms with Crippen LogP contribution in [0.5, 0.6) is 11.5 Å². The summed E-state index contributed by atoms with van der Waals surface area (Å²) >= 11 is 0. The van der Waals surface area contributed by atoms with Gasteiger partial charge in [0.1, 0.15) is 17.9 Å². The Balaban J connectivity index is 3.03. The largest absolute Gasteiger partial charge is 0.496 e. The number of benzene rings is 1. The molecule has 0 aliphatic rings. The molecule has 0 spiro atoms. The number of ether oxygens (including phenoxy) is 2. The zero-order valence-corrected chi connectivity index (χ0v) is 11.7. The summed E-state index contributed by atoms with van der Waals surface area (Å²) in [7, 11) is 3.20. The van der Waals surface area contributed by atoms with Crippen LogP contribution in [0, 0.1) is 25.2 Å². The highest BCUT2D eigenvalue weighted by Gasteiger charge is 2.14. The molecule has 0 fully saturated rings. The molecule has 1 amide bonds. The van der Waals surface area contributed by atoms with Crippen LogP contribution in [0.25, 0.3) is 0 Å². The lowest BCUT2D eigenvalue weighted by atomic mass is 10.0. The number of nitrogens with one attached hydrogen (secondary N) is 1. The van der Waals surface area contributed by atoms with Crippen LogP contribution in [-0.4, -0.2) is 20.1 Å². The van der Waals surface area contributed by atoms with Crippen molar-refractivity contribution in [1.29, 1.82) is 5.26 Å². The average Bonchev–Trinajstić information content (AvgIpc) is 2.40. The molecule has 0 aromatic heterocycles. The summed E-state index contributed by atoms with van der Waals surface area (Å²) in [5.41, 5.74) is 2.81. The molecule has 5 heteroatoms. The first kappa shape index (κ1) is 14.8. The molecule has 102 valence electrons. The Hall–Kier alpha value is -2.22. The Morgan fingerprint density at radius 1 is 1.32 bits per heavy atom. The van der Waals surface area contributed by atoms with E-state index in [2.05, 4.69) is 5.32 Å². The first-order valence-corrected chi connectivity index (χ1v) is 5.89. The van der Waals surface area contributed by atoms with E-state index < -0.39 is 0 Å². The molecule has 19 heavy (non-hydrogen) atoms. The molecule has 0 saturated carbocycles. The lowest BCUT2D eigenvalue weighted by Gasteiger charge is -2.17. The van der Waals surface area contributed by atoms with E-state index in [0.717, 1.165) is 28.2 Å². The second-order valence-corrected chi connectivity index (χ2v) is 4.13. The topological polar surface area (TPSA) is 71.3 Å². The number of nitriles is 1. The molecule has 0 saturated heterocycles. The van der Waals surface area contributed by atoms with Crippen LogP contribution in [0.15, 0.2) is 6.07 Å². The molecular weight excluding hydrogens is 244 g/mol. The molecule has 0 atom stereocenters. The quantitative estimate of drug-likeness (QED) is 0.879. The summed E-state index contributed by atoms with van der Waals surface area (Å²) in [6.45, 7) is 4.20. The lowest BCUT2D eigenvalue weighted by Crippen LogP contribution is -2.22. The highest BCUT2D eigenvalue weighted by molar-refractivity contribution is 5.78. The van der Waals surface area contributed by atoms with Crippen molar-refractivity contribution in [2.75, 3.05) is 14.2 Å². The second kappa shape index (κ2) is 6.64. The zero-order chi connectivity index (χ0) is 14.4. The van der Waals surface area contributed by atoms with E-state index in [1.807, 2.05) is 26.0 Å². The zero-order valence-electron chi connectivity index (χ0n) is 11.7. The smallest absolute Gasteiger partial charge is 0.234 e. The number of hydrogen-bond donors (Lipinski definition) is 1. The molecule has 0 radical (unpaired) electrons. The van der Waals surface area contributed by atoms with Crippen LogP contribution in [0.4, 0.5) is 0 Å². The van der Waals surface area contributed by atoms with Gasteiger partial charge in [0.05, 0.1) is 20.3 Å². The molecule has 1 aromatic rings. The fraction of sp³-hybridized carbons (Fsp3) is 0.429. The highest BCUT2D eigenvalue weighted by atomic mass is 16.5. The summed E-state index contributed by atoms with van der Waals surface area (Å²) in [4.78, 5) is 11.3. The van der Waals surface area contributed by atoms with Crippen molar-refractivity contribution in [2.24, 2.45) is 0 Å². The maximum Gasteiger partial charge on any atom is 0.234 e. The molecule has 0 unspecified atom stereocenters.